The number of hydrogen-bond acceptors (Lipinski definition) is 4. The highest BCUT2D eigenvalue weighted by molar-refractivity contribution is 5.70. The Morgan fingerprint density at radius 1 is 0.382 bits per heavy atom. The summed E-state index contributed by atoms with van der Waals surface area (Å²) in [5, 5.41) is 0. The molecule has 0 aliphatic carbocycles. The van der Waals surface area contributed by atoms with Gasteiger partial charge in [0.25, 0.3) is 11.9 Å². The zero-order valence-corrected chi connectivity index (χ0v) is 17.4. The first-order chi connectivity index (χ1) is 16.5. The number of halogens is 4. The molecule has 5 rings (SSSR count). The van der Waals surface area contributed by atoms with Crippen molar-refractivity contribution in [2.75, 3.05) is 0 Å². The second kappa shape index (κ2) is 8.82. The van der Waals surface area contributed by atoms with Crippen LogP contribution in [0, 0.1) is 23.5 Å². The number of aromatic nitrogens is 4. The molecule has 0 fully saturated rings. The molecule has 5 aromatic rings. The SMILES string of the molecule is Fc1nc(F)c(F)c(-c2ccc(-c3nc(-c4ccccc4)nc(-c4ccccc4)n3)cc2)c1F. The summed E-state index contributed by atoms with van der Waals surface area (Å²) in [6.07, 6.45) is 0. The molecule has 0 N–H and O–H groups in total. The first kappa shape index (κ1) is 21.4. The highest BCUT2D eigenvalue weighted by atomic mass is 19.2. The smallest absolute Gasteiger partial charge is 0.208 e. The van der Waals surface area contributed by atoms with E-state index in [1.165, 1.54) is 24.3 Å². The van der Waals surface area contributed by atoms with Gasteiger partial charge in [0.15, 0.2) is 29.1 Å². The lowest BCUT2D eigenvalue weighted by Gasteiger charge is -2.10. The first-order valence-corrected chi connectivity index (χ1v) is 10.2. The number of benzene rings is 3. The zero-order chi connectivity index (χ0) is 23.7. The van der Waals surface area contributed by atoms with Crippen molar-refractivity contribution in [1.82, 2.24) is 19.9 Å². The van der Waals surface area contributed by atoms with E-state index >= 15 is 0 Å². The van der Waals surface area contributed by atoms with Crippen molar-refractivity contribution in [3.05, 3.63) is 108 Å². The van der Waals surface area contributed by atoms with Crippen LogP contribution in [0.4, 0.5) is 17.6 Å². The molecule has 0 saturated heterocycles. The highest BCUT2D eigenvalue weighted by Crippen LogP contribution is 2.30. The number of nitrogens with zero attached hydrogens (tertiary/aromatic N) is 4. The quantitative estimate of drug-likeness (QED) is 0.228. The fraction of sp³-hybridized carbons (Fsp3) is 0. The van der Waals surface area contributed by atoms with Crippen LogP contribution in [0.5, 0.6) is 0 Å². The van der Waals surface area contributed by atoms with Crippen molar-refractivity contribution in [3.63, 3.8) is 0 Å². The first-order valence-electron chi connectivity index (χ1n) is 10.2. The Bertz CT molecular complexity index is 1390. The summed E-state index contributed by atoms with van der Waals surface area (Å²) in [5.74, 6) is -5.33. The molecule has 0 aliphatic heterocycles. The van der Waals surface area contributed by atoms with Crippen LogP contribution in [0.1, 0.15) is 0 Å². The van der Waals surface area contributed by atoms with Gasteiger partial charge < -0.3 is 0 Å². The van der Waals surface area contributed by atoms with Crippen LogP contribution < -0.4 is 0 Å². The fourth-order valence-corrected chi connectivity index (χ4v) is 3.46. The molecule has 166 valence electrons. The molecule has 0 saturated carbocycles. The molecule has 0 unspecified atom stereocenters. The van der Waals surface area contributed by atoms with Gasteiger partial charge in [0.1, 0.15) is 0 Å². The summed E-state index contributed by atoms with van der Waals surface area (Å²) in [6.45, 7) is 0. The summed E-state index contributed by atoms with van der Waals surface area (Å²) >= 11 is 0. The molecular weight excluding hydrogens is 444 g/mol. The van der Waals surface area contributed by atoms with Gasteiger partial charge in [-0.05, 0) is 5.56 Å². The van der Waals surface area contributed by atoms with Crippen molar-refractivity contribution in [2.24, 2.45) is 0 Å². The molecule has 0 aliphatic rings. The van der Waals surface area contributed by atoms with Crippen molar-refractivity contribution < 1.29 is 17.6 Å². The van der Waals surface area contributed by atoms with Gasteiger partial charge >= 0.3 is 0 Å². The van der Waals surface area contributed by atoms with E-state index in [-0.39, 0.29) is 5.56 Å². The number of pyridine rings is 1. The van der Waals surface area contributed by atoms with Crippen molar-refractivity contribution in [1.29, 1.82) is 0 Å². The van der Waals surface area contributed by atoms with Crippen LogP contribution in [0.3, 0.4) is 0 Å². The topological polar surface area (TPSA) is 51.6 Å². The fourth-order valence-electron chi connectivity index (χ4n) is 3.46. The van der Waals surface area contributed by atoms with Crippen molar-refractivity contribution in [2.45, 2.75) is 0 Å². The van der Waals surface area contributed by atoms with Gasteiger partial charge in [0.2, 0.25) is 0 Å². The maximum Gasteiger partial charge on any atom is 0.252 e. The third-order valence-corrected chi connectivity index (χ3v) is 5.13. The lowest BCUT2D eigenvalue weighted by molar-refractivity contribution is 0.410. The molecule has 0 radical (unpaired) electrons. The van der Waals surface area contributed by atoms with Crippen LogP contribution in [0.25, 0.3) is 45.3 Å². The van der Waals surface area contributed by atoms with Gasteiger partial charge in [-0.3, -0.25) is 0 Å². The monoisotopic (exact) mass is 458 g/mol. The maximum atomic E-state index is 14.2. The summed E-state index contributed by atoms with van der Waals surface area (Å²) in [5.41, 5.74) is 1.21. The minimum absolute atomic E-state index is 0.0560. The van der Waals surface area contributed by atoms with Gasteiger partial charge in [0.05, 0.1) is 5.56 Å². The lowest BCUT2D eigenvalue weighted by atomic mass is 10.0. The Hall–Kier alpha value is -4.46. The van der Waals surface area contributed by atoms with Crippen LogP contribution in [0.2, 0.25) is 0 Å². The molecule has 0 bridgehead atoms. The van der Waals surface area contributed by atoms with Gasteiger partial charge in [-0.25, -0.2) is 23.7 Å². The number of hydrogen-bond donors (Lipinski definition) is 0. The predicted octanol–water partition coefficient (Wildman–Crippen LogP) is 6.49. The largest absolute Gasteiger partial charge is 0.252 e. The molecule has 2 heterocycles. The summed E-state index contributed by atoms with van der Waals surface area (Å²) in [7, 11) is 0. The van der Waals surface area contributed by atoms with Gasteiger partial charge in [-0.1, -0.05) is 84.9 Å². The van der Waals surface area contributed by atoms with E-state index in [0.29, 0.717) is 23.0 Å². The van der Waals surface area contributed by atoms with Crippen LogP contribution >= 0.6 is 0 Å². The zero-order valence-electron chi connectivity index (χ0n) is 17.4. The average molecular weight is 458 g/mol. The molecule has 3 aromatic carbocycles. The molecule has 2 aromatic heterocycles. The summed E-state index contributed by atoms with van der Waals surface area (Å²) in [4.78, 5) is 16.3. The minimum Gasteiger partial charge on any atom is -0.208 e. The normalized spacial score (nSPS) is 10.9. The standard InChI is InChI=1S/C26H14F4N4/c27-20-19(21(28)23(30)31-22(20)29)15-11-13-18(14-12-15)26-33-24(16-7-3-1-4-8-16)32-25(34-26)17-9-5-2-6-10-17/h1-14H. The average Bonchev–Trinajstić information content (AvgIpc) is 2.89. The predicted molar refractivity (Wildman–Crippen MR) is 119 cm³/mol. The van der Waals surface area contributed by atoms with Crippen LogP contribution in [0.15, 0.2) is 84.9 Å². The van der Waals surface area contributed by atoms with E-state index < -0.39 is 29.1 Å². The Balaban J connectivity index is 1.62. The number of rotatable bonds is 4. The Morgan fingerprint density at radius 2 is 0.735 bits per heavy atom. The molecule has 0 atom stereocenters. The second-order valence-electron chi connectivity index (χ2n) is 7.31. The second-order valence-corrected chi connectivity index (χ2v) is 7.31. The summed E-state index contributed by atoms with van der Waals surface area (Å²) in [6, 6.07) is 24.4. The van der Waals surface area contributed by atoms with Crippen LogP contribution in [-0.2, 0) is 0 Å². The lowest BCUT2D eigenvalue weighted by Crippen LogP contribution is -2.03. The van der Waals surface area contributed by atoms with E-state index in [4.69, 9.17) is 0 Å². The summed E-state index contributed by atoms with van der Waals surface area (Å²) < 4.78 is 55.4. The maximum absolute atomic E-state index is 14.2. The van der Waals surface area contributed by atoms with Gasteiger partial charge in [-0.2, -0.15) is 13.8 Å². The molecule has 4 nitrogen and oxygen atoms in total. The van der Waals surface area contributed by atoms with E-state index in [1.54, 1.807) is 0 Å². The third-order valence-electron chi connectivity index (χ3n) is 5.13. The van der Waals surface area contributed by atoms with Gasteiger partial charge in [0, 0.05) is 16.7 Å². The van der Waals surface area contributed by atoms with E-state index in [9.17, 15) is 17.6 Å². The van der Waals surface area contributed by atoms with Crippen LogP contribution in [-0.4, -0.2) is 19.9 Å². The molecule has 34 heavy (non-hydrogen) atoms. The minimum atomic E-state index is -1.71. The van der Waals surface area contributed by atoms with Gasteiger partial charge in [-0.15, -0.1) is 0 Å². The third kappa shape index (κ3) is 4.01. The Morgan fingerprint density at radius 3 is 1.15 bits per heavy atom. The highest BCUT2D eigenvalue weighted by Gasteiger charge is 2.22. The molecule has 0 spiro atoms. The van der Waals surface area contributed by atoms with E-state index in [2.05, 4.69) is 19.9 Å². The van der Waals surface area contributed by atoms with Crippen molar-refractivity contribution in [3.8, 4) is 45.3 Å². The van der Waals surface area contributed by atoms with E-state index in [1.807, 2.05) is 60.7 Å². The molecule has 8 heteroatoms. The van der Waals surface area contributed by atoms with E-state index in [0.717, 1.165) is 11.1 Å². The molecular formula is C26H14F4N4. The van der Waals surface area contributed by atoms with Crippen molar-refractivity contribution >= 4 is 0 Å². The Kier molecular flexibility index (Phi) is 5.55. The Labute approximate surface area is 191 Å². The molecule has 0 amide bonds.